The number of halogens is 4. The highest BCUT2D eigenvalue weighted by molar-refractivity contribution is 7.90. The molecule has 33 heavy (non-hydrogen) atoms. The van der Waals surface area contributed by atoms with Gasteiger partial charge >= 0.3 is 12.2 Å². The normalized spacial score (nSPS) is 16.3. The number of hydrogen-bond acceptors (Lipinski definition) is 5. The van der Waals surface area contributed by atoms with Crippen molar-refractivity contribution in [3.8, 4) is 6.07 Å². The maximum absolute atomic E-state index is 13.8. The lowest BCUT2D eigenvalue weighted by atomic mass is 10.0. The van der Waals surface area contributed by atoms with Gasteiger partial charge in [-0.25, -0.2) is 22.5 Å². The summed E-state index contributed by atoms with van der Waals surface area (Å²) in [7, 11) is -3.81. The van der Waals surface area contributed by atoms with Crippen LogP contribution in [0.4, 0.5) is 28.0 Å². The number of anilines is 1. The summed E-state index contributed by atoms with van der Waals surface area (Å²) >= 11 is 0. The first kappa shape index (κ1) is 24.2. The van der Waals surface area contributed by atoms with Crippen LogP contribution in [0, 0.1) is 17.1 Å². The van der Waals surface area contributed by atoms with Crippen LogP contribution in [0.2, 0.25) is 0 Å². The molecule has 1 aliphatic heterocycles. The van der Waals surface area contributed by atoms with Gasteiger partial charge < -0.3 is 4.90 Å². The van der Waals surface area contributed by atoms with E-state index >= 15 is 0 Å². The van der Waals surface area contributed by atoms with Crippen molar-refractivity contribution in [2.45, 2.75) is 37.0 Å². The molecule has 0 unspecified atom stereocenters. The van der Waals surface area contributed by atoms with E-state index < -0.39 is 62.7 Å². The Kier molecular flexibility index (Phi) is 5.75. The predicted molar refractivity (Wildman–Crippen MR) is 108 cm³/mol. The van der Waals surface area contributed by atoms with E-state index in [4.69, 9.17) is 5.26 Å². The van der Waals surface area contributed by atoms with E-state index in [9.17, 15) is 35.6 Å². The zero-order valence-corrected chi connectivity index (χ0v) is 18.4. The van der Waals surface area contributed by atoms with Crippen LogP contribution in [0.25, 0.3) is 0 Å². The van der Waals surface area contributed by atoms with E-state index in [0.29, 0.717) is 11.0 Å². The minimum absolute atomic E-state index is 0.0932. The fraction of sp³-hybridized carbons (Fsp3) is 0.286. The van der Waals surface area contributed by atoms with Gasteiger partial charge in [0.05, 0.1) is 27.8 Å². The quantitative estimate of drug-likeness (QED) is 0.374. The molecule has 1 heterocycles. The van der Waals surface area contributed by atoms with Gasteiger partial charge in [0.2, 0.25) is 0 Å². The van der Waals surface area contributed by atoms with Crippen LogP contribution in [0.3, 0.4) is 0 Å². The first-order chi connectivity index (χ1) is 15.1. The molecule has 7 nitrogen and oxygen atoms in total. The molecule has 0 radical (unpaired) electrons. The Hall–Kier alpha value is -3.46. The Morgan fingerprint density at radius 2 is 1.73 bits per heavy atom. The Labute approximate surface area is 186 Å². The summed E-state index contributed by atoms with van der Waals surface area (Å²) in [6.45, 7) is 2.18. The zero-order valence-electron chi connectivity index (χ0n) is 17.6. The molecule has 1 fully saturated rings. The molecule has 0 atom stereocenters. The van der Waals surface area contributed by atoms with E-state index in [1.165, 1.54) is 19.9 Å². The highest BCUT2D eigenvalue weighted by Gasteiger charge is 2.52. The lowest BCUT2D eigenvalue weighted by molar-refractivity contribution is -0.137. The van der Waals surface area contributed by atoms with Crippen LogP contribution in [-0.2, 0) is 27.4 Å². The number of nitriles is 1. The molecule has 1 aliphatic rings. The number of alkyl halides is 3. The van der Waals surface area contributed by atoms with Crippen molar-refractivity contribution >= 4 is 27.5 Å². The summed E-state index contributed by atoms with van der Waals surface area (Å²) in [5.41, 5.74) is -4.09. The van der Waals surface area contributed by atoms with Crippen molar-refractivity contribution in [1.82, 2.24) is 4.90 Å². The van der Waals surface area contributed by atoms with Gasteiger partial charge in [0, 0.05) is 12.8 Å². The third-order valence-electron chi connectivity index (χ3n) is 5.26. The van der Waals surface area contributed by atoms with E-state index in [1.54, 1.807) is 0 Å². The summed E-state index contributed by atoms with van der Waals surface area (Å²) in [5, 5.41) is 8.96. The molecular formula is C21H17F4N3O4S. The van der Waals surface area contributed by atoms with E-state index in [-0.39, 0.29) is 10.5 Å². The molecule has 0 spiro atoms. The smallest absolute Gasteiger partial charge is 0.305 e. The summed E-state index contributed by atoms with van der Waals surface area (Å²) in [5.74, 6) is -1.64. The molecular weight excluding hydrogens is 466 g/mol. The van der Waals surface area contributed by atoms with Gasteiger partial charge in [-0.2, -0.15) is 18.4 Å². The van der Waals surface area contributed by atoms with E-state index in [0.717, 1.165) is 41.5 Å². The number of nitrogens with zero attached hydrogens (tertiary/aromatic N) is 3. The number of imide groups is 1. The number of rotatable bonds is 4. The van der Waals surface area contributed by atoms with Gasteiger partial charge in [-0.1, -0.05) is 0 Å². The third-order valence-corrected chi connectivity index (χ3v) is 6.46. The van der Waals surface area contributed by atoms with Gasteiger partial charge in [0.1, 0.15) is 11.4 Å². The average molecular weight is 483 g/mol. The maximum atomic E-state index is 13.8. The Bertz CT molecular complexity index is 1310. The number of amides is 3. The first-order valence-corrected chi connectivity index (χ1v) is 11.2. The molecule has 174 valence electrons. The predicted octanol–water partition coefficient (Wildman–Crippen LogP) is 3.87. The fourth-order valence-electron chi connectivity index (χ4n) is 3.54. The molecule has 0 saturated carbocycles. The summed E-state index contributed by atoms with van der Waals surface area (Å²) in [6.07, 6.45) is -4.01. The molecule has 0 aliphatic carbocycles. The van der Waals surface area contributed by atoms with Crippen LogP contribution in [0.1, 0.15) is 30.5 Å². The highest BCUT2D eigenvalue weighted by Crippen LogP contribution is 2.38. The van der Waals surface area contributed by atoms with Crippen molar-refractivity contribution in [1.29, 1.82) is 5.26 Å². The van der Waals surface area contributed by atoms with E-state index in [2.05, 4.69) is 0 Å². The molecule has 0 N–H and O–H groups in total. The van der Waals surface area contributed by atoms with Crippen molar-refractivity contribution in [3.63, 3.8) is 0 Å². The fourth-order valence-corrected chi connectivity index (χ4v) is 4.45. The number of carbonyl (C=O) groups is 2. The van der Waals surface area contributed by atoms with Crippen LogP contribution in [0.15, 0.2) is 41.3 Å². The van der Waals surface area contributed by atoms with Crippen LogP contribution in [-0.4, -0.2) is 37.1 Å². The van der Waals surface area contributed by atoms with E-state index in [1.807, 2.05) is 0 Å². The van der Waals surface area contributed by atoms with Crippen molar-refractivity contribution in [3.05, 3.63) is 58.9 Å². The van der Waals surface area contributed by atoms with Crippen LogP contribution < -0.4 is 4.90 Å². The highest BCUT2D eigenvalue weighted by atomic mass is 32.2. The monoisotopic (exact) mass is 483 g/mol. The topological polar surface area (TPSA) is 98.5 Å². The third kappa shape index (κ3) is 4.28. The summed E-state index contributed by atoms with van der Waals surface area (Å²) < 4.78 is 78.1. The zero-order chi connectivity index (χ0) is 24.9. The van der Waals surface area contributed by atoms with Crippen molar-refractivity contribution < 1.29 is 35.6 Å². The molecule has 2 aromatic rings. The SMILES string of the molecule is CC1(C)C(=O)N(c2ccc(C#N)c(C(F)(F)F)c2)C(=O)N1Cc1cc(F)ccc1S(C)(=O)=O. The molecule has 0 bridgehead atoms. The number of urea groups is 1. The van der Waals surface area contributed by atoms with Crippen molar-refractivity contribution in [2.75, 3.05) is 11.2 Å². The van der Waals surface area contributed by atoms with Crippen LogP contribution in [0.5, 0.6) is 0 Å². The van der Waals surface area contributed by atoms with Crippen molar-refractivity contribution in [2.24, 2.45) is 0 Å². The van der Waals surface area contributed by atoms with Gasteiger partial charge in [-0.05, 0) is 55.8 Å². The maximum Gasteiger partial charge on any atom is 0.417 e. The number of hydrogen-bond donors (Lipinski definition) is 0. The average Bonchev–Trinajstić information content (AvgIpc) is 2.85. The largest absolute Gasteiger partial charge is 0.417 e. The lowest BCUT2D eigenvalue weighted by Gasteiger charge is -2.28. The Morgan fingerprint density at radius 1 is 1.09 bits per heavy atom. The standard InChI is InChI=1S/C21H17F4N3O4S/c1-20(2)18(29)28(15-6-4-12(10-26)16(9-15)21(23,24)25)19(30)27(20)11-13-8-14(22)5-7-17(13)33(3,31)32/h4-9H,11H2,1-3H3. The number of benzene rings is 2. The van der Waals surface area contributed by atoms with Gasteiger partial charge in [0.25, 0.3) is 5.91 Å². The first-order valence-electron chi connectivity index (χ1n) is 9.35. The lowest BCUT2D eigenvalue weighted by Crippen LogP contribution is -2.43. The molecule has 2 aromatic carbocycles. The van der Waals surface area contributed by atoms with Crippen LogP contribution >= 0.6 is 0 Å². The summed E-state index contributed by atoms with van der Waals surface area (Å²) in [6, 6.07) is 5.68. The molecule has 12 heteroatoms. The molecule has 3 rings (SSSR count). The van der Waals surface area contributed by atoms with Gasteiger partial charge in [0.15, 0.2) is 9.84 Å². The minimum Gasteiger partial charge on any atom is -0.305 e. The molecule has 1 saturated heterocycles. The number of sulfone groups is 1. The van der Waals surface area contributed by atoms with Gasteiger partial charge in [-0.15, -0.1) is 0 Å². The molecule has 0 aromatic heterocycles. The van der Waals surface area contributed by atoms with Gasteiger partial charge in [-0.3, -0.25) is 4.79 Å². The second-order valence-corrected chi connectivity index (χ2v) is 9.92. The number of carbonyl (C=O) groups excluding carboxylic acids is 2. The summed E-state index contributed by atoms with van der Waals surface area (Å²) in [4.78, 5) is 27.4. The Morgan fingerprint density at radius 3 is 2.27 bits per heavy atom. The second-order valence-electron chi connectivity index (χ2n) is 7.93. The second kappa shape index (κ2) is 7.84. The Balaban J connectivity index is 2.09. The minimum atomic E-state index is -4.91. The molecule has 3 amide bonds.